The summed E-state index contributed by atoms with van der Waals surface area (Å²) in [6.45, 7) is 3.65. The number of piperazine rings is 1. The Labute approximate surface area is 183 Å². The van der Waals surface area contributed by atoms with Crippen molar-refractivity contribution in [3.8, 4) is 5.75 Å². The van der Waals surface area contributed by atoms with Gasteiger partial charge in [-0.2, -0.15) is 0 Å². The van der Waals surface area contributed by atoms with Gasteiger partial charge in [-0.1, -0.05) is 48.5 Å². The van der Waals surface area contributed by atoms with Gasteiger partial charge in [0.25, 0.3) is 5.91 Å². The molecular formula is C24H27ClN2O3. The number of fused-ring (bicyclic) bond motifs is 1. The summed E-state index contributed by atoms with van der Waals surface area (Å²) in [6.07, 6.45) is -0.571. The molecule has 3 aromatic rings. The van der Waals surface area contributed by atoms with Crippen LogP contribution in [-0.2, 0) is 0 Å². The Morgan fingerprint density at radius 2 is 1.57 bits per heavy atom. The van der Waals surface area contributed by atoms with Crippen LogP contribution in [-0.4, -0.2) is 66.2 Å². The van der Waals surface area contributed by atoms with Crippen LogP contribution in [0.1, 0.15) is 10.4 Å². The third kappa shape index (κ3) is 5.51. The molecule has 158 valence electrons. The van der Waals surface area contributed by atoms with E-state index in [1.807, 2.05) is 65.6 Å². The van der Waals surface area contributed by atoms with E-state index in [0.717, 1.165) is 29.8 Å². The van der Waals surface area contributed by atoms with Crippen LogP contribution >= 0.6 is 12.4 Å². The first kappa shape index (κ1) is 22.1. The molecule has 1 N–H and O–H groups in total. The molecule has 0 aromatic heterocycles. The molecular weight excluding hydrogens is 400 g/mol. The summed E-state index contributed by atoms with van der Waals surface area (Å²) >= 11 is 0. The molecule has 6 heteroatoms. The predicted octanol–water partition coefficient (Wildman–Crippen LogP) is 3.46. The van der Waals surface area contributed by atoms with Crippen LogP contribution in [0.3, 0.4) is 0 Å². The molecule has 1 aliphatic heterocycles. The van der Waals surface area contributed by atoms with Crippen LogP contribution in [0.2, 0.25) is 0 Å². The number of carbonyl (C=O) groups excluding carboxylic acids is 1. The summed E-state index contributed by atoms with van der Waals surface area (Å²) in [5.74, 6) is 0.839. The number of carbonyl (C=O) groups is 1. The maximum Gasteiger partial charge on any atom is 0.253 e. The van der Waals surface area contributed by atoms with E-state index in [2.05, 4.69) is 17.0 Å². The first-order chi connectivity index (χ1) is 14.2. The van der Waals surface area contributed by atoms with Gasteiger partial charge in [-0.3, -0.25) is 9.69 Å². The number of rotatable bonds is 6. The molecule has 0 radical (unpaired) electrons. The Morgan fingerprint density at radius 3 is 2.30 bits per heavy atom. The fourth-order valence-corrected chi connectivity index (χ4v) is 3.70. The third-order valence-corrected chi connectivity index (χ3v) is 5.31. The Bertz CT molecular complexity index is 959. The van der Waals surface area contributed by atoms with Crippen molar-refractivity contribution in [3.05, 3.63) is 78.4 Å². The maximum absolute atomic E-state index is 12.5. The minimum absolute atomic E-state index is 0. The van der Waals surface area contributed by atoms with Crippen molar-refractivity contribution in [2.75, 3.05) is 39.3 Å². The quantitative estimate of drug-likeness (QED) is 0.655. The molecule has 5 nitrogen and oxygen atoms in total. The SMILES string of the molecule is Cl.O=C(c1ccccc1)N1CCN(CC(O)COc2ccc3ccccc3c2)CC1. The van der Waals surface area contributed by atoms with Crippen LogP contribution in [0.4, 0.5) is 0 Å². The monoisotopic (exact) mass is 426 g/mol. The van der Waals surface area contributed by atoms with Gasteiger partial charge in [0.2, 0.25) is 0 Å². The largest absolute Gasteiger partial charge is 0.491 e. The Balaban J connectivity index is 0.00000256. The van der Waals surface area contributed by atoms with Gasteiger partial charge >= 0.3 is 0 Å². The van der Waals surface area contributed by atoms with Crippen LogP contribution in [0, 0.1) is 0 Å². The van der Waals surface area contributed by atoms with Crippen LogP contribution < -0.4 is 4.74 Å². The summed E-state index contributed by atoms with van der Waals surface area (Å²) in [7, 11) is 0. The van der Waals surface area contributed by atoms with Crippen molar-refractivity contribution < 1.29 is 14.6 Å². The Kier molecular flexibility index (Phi) is 7.69. The molecule has 1 heterocycles. The topological polar surface area (TPSA) is 53.0 Å². The highest BCUT2D eigenvalue weighted by Gasteiger charge is 2.23. The fraction of sp³-hybridized carbons (Fsp3) is 0.292. The van der Waals surface area contributed by atoms with Gasteiger partial charge in [-0.15, -0.1) is 12.4 Å². The highest BCUT2D eigenvalue weighted by atomic mass is 35.5. The lowest BCUT2D eigenvalue weighted by atomic mass is 10.1. The molecule has 0 bridgehead atoms. The standard InChI is InChI=1S/C24H26N2O3.ClH/c27-22(18-29-23-11-10-19-6-4-5-9-21(19)16-23)17-25-12-14-26(15-13-25)24(28)20-7-2-1-3-8-20;/h1-11,16,22,27H,12-15,17-18H2;1H. The summed E-state index contributed by atoms with van der Waals surface area (Å²) < 4.78 is 5.79. The molecule has 3 aromatic carbocycles. The highest BCUT2D eigenvalue weighted by Crippen LogP contribution is 2.20. The van der Waals surface area contributed by atoms with Crippen molar-refractivity contribution in [2.45, 2.75) is 6.10 Å². The zero-order valence-electron chi connectivity index (χ0n) is 16.8. The van der Waals surface area contributed by atoms with Crippen molar-refractivity contribution in [1.82, 2.24) is 9.80 Å². The first-order valence-corrected chi connectivity index (χ1v) is 10.1. The van der Waals surface area contributed by atoms with E-state index in [-0.39, 0.29) is 24.9 Å². The van der Waals surface area contributed by atoms with E-state index in [4.69, 9.17) is 4.74 Å². The number of benzene rings is 3. The molecule has 1 fully saturated rings. The van der Waals surface area contributed by atoms with Gasteiger partial charge in [0.15, 0.2) is 0 Å². The summed E-state index contributed by atoms with van der Waals surface area (Å²) in [4.78, 5) is 16.6. The summed E-state index contributed by atoms with van der Waals surface area (Å²) in [5, 5.41) is 12.7. The van der Waals surface area contributed by atoms with Gasteiger partial charge in [0, 0.05) is 38.3 Å². The minimum atomic E-state index is -0.571. The second kappa shape index (κ2) is 10.4. The summed E-state index contributed by atoms with van der Waals surface area (Å²) in [6, 6.07) is 23.5. The van der Waals surface area contributed by atoms with E-state index in [1.54, 1.807) is 0 Å². The Hall–Kier alpha value is -2.60. The fourth-order valence-electron chi connectivity index (χ4n) is 3.70. The lowest BCUT2D eigenvalue weighted by molar-refractivity contribution is 0.0404. The zero-order valence-corrected chi connectivity index (χ0v) is 17.6. The number of hydrogen-bond donors (Lipinski definition) is 1. The van der Waals surface area contributed by atoms with Gasteiger partial charge < -0.3 is 14.7 Å². The summed E-state index contributed by atoms with van der Waals surface area (Å²) in [5.41, 5.74) is 0.727. The second-order valence-corrected chi connectivity index (χ2v) is 7.43. The smallest absolute Gasteiger partial charge is 0.253 e. The average molecular weight is 427 g/mol. The molecule has 0 saturated carbocycles. The highest BCUT2D eigenvalue weighted by molar-refractivity contribution is 5.94. The molecule has 1 atom stereocenters. The lowest BCUT2D eigenvalue weighted by Crippen LogP contribution is -2.50. The van der Waals surface area contributed by atoms with E-state index in [1.165, 1.54) is 5.39 Å². The molecule has 0 aliphatic carbocycles. The van der Waals surface area contributed by atoms with Crippen molar-refractivity contribution in [2.24, 2.45) is 0 Å². The molecule has 30 heavy (non-hydrogen) atoms. The number of halogens is 1. The normalized spacial score (nSPS) is 15.4. The lowest BCUT2D eigenvalue weighted by Gasteiger charge is -2.35. The predicted molar refractivity (Wildman–Crippen MR) is 121 cm³/mol. The van der Waals surface area contributed by atoms with Crippen molar-refractivity contribution in [3.63, 3.8) is 0 Å². The van der Waals surface area contributed by atoms with Crippen molar-refractivity contribution >= 4 is 29.1 Å². The molecule has 4 rings (SSSR count). The van der Waals surface area contributed by atoms with Crippen molar-refractivity contribution in [1.29, 1.82) is 0 Å². The number of amides is 1. The van der Waals surface area contributed by atoms with E-state index < -0.39 is 6.10 Å². The average Bonchev–Trinajstić information content (AvgIpc) is 2.78. The van der Waals surface area contributed by atoms with E-state index in [9.17, 15) is 9.90 Å². The van der Waals surface area contributed by atoms with Gasteiger partial charge in [0.05, 0.1) is 0 Å². The van der Waals surface area contributed by atoms with E-state index >= 15 is 0 Å². The number of nitrogens with zero attached hydrogens (tertiary/aromatic N) is 2. The zero-order chi connectivity index (χ0) is 20.1. The molecule has 1 unspecified atom stereocenters. The molecule has 1 amide bonds. The van der Waals surface area contributed by atoms with Crippen LogP contribution in [0.15, 0.2) is 72.8 Å². The van der Waals surface area contributed by atoms with Gasteiger partial charge in [-0.25, -0.2) is 0 Å². The molecule has 0 spiro atoms. The van der Waals surface area contributed by atoms with Gasteiger partial charge in [-0.05, 0) is 35.0 Å². The van der Waals surface area contributed by atoms with E-state index in [0.29, 0.717) is 19.6 Å². The Morgan fingerprint density at radius 1 is 0.900 bits per heavy atom. The molecule has 1 saturated heterocycles. The first-order valence-electron chi connectivity index (χ1n) is 10.1. The number of ether oxygens (including phenoxy) is 1. The second-order valence-electron chi connectivity index (χ2n) is 7.43. The maximum atomic E-state index is 12.5. The number of aliphatic hydroxyl groups is 1. The van der Waals surface area contributed by atoms with Gasteiger partial charge in [0.1, 0.15) is 18.5 Å². The number of aliphatic hydroxyl groups excluding tert-OH is 1. The van der Waals surface area contributed by atoms with Crippen LogP contribution in [0.5, 0.6) is 5.75 Å². The van der Waals surface area contributed by atoms with Crippen LogP contribution in [0.25, 0.3) is 10.8 Å². The number of β-amino-alcohol motifs (C(OH)–C–C–N with tert-alkyl or cyclic N) is 1. The minimum Gasteiger partial charge on any atom is -0.491 e. The number of hydrogen-bond acceptors (Lipinski definition) is 4. The molecule has 1 aliphatic rings. The third-order valence-electron chi connectivity index (χ3n) is 5.31.